The van der Waals surface area contributed by atoms with Gasteiger partial charge in [0.05, 0.1) is 17.1 Å². The van der Waals surface area contributed by atoms with Crippen molar-refractivity contribution in [2.75, 3.05) is 5.75 Å². The fraction of sp³-hybridized carbons (Fsp3) is 1.00. The zero-order valence-electron chi connectivity index (χ0n) is 13.0. The van der Waals surface area contributed by atoms with Crippen LogP contribution in [0.3, 0.4) is 0 Å². The van der Waals surface area contributed by atoms with Crippen molar-refractivity contribution >= 4 is 9.84 Å². The van der Waals surface area contributed by atoms with Gasteiger partial charge in [-0.2, -0.15) is 0 Å². The normalized spacial score (nSPS) is 25.6. The zero-order valence-corrected chi connectivity index (χ0v) is 13.9. The lowest BCUT2D eigenvalue weighted by Crippen LogP contribution is -2.43. The second kappa shape index (κ2) is 7.93. The molecule has 2 aliphatic carbocycles. The molecule has 21 heavy (non-hydrogen) atoms. The number of rotatable bonds is 6. The second-order valence-electron chi connectivity index (χ2n) is 7.06. The number of aliphatic hydroxyl groups is 1. The molecule has 2 atom stereocenters. The third-order valence-electron chi connectivity index (χ3n) is 5.29. The van der Waals surface area contributed by atoms with Crippen molar-refractivity contribution in [1.82, 2.24) is 0 Å². The first-order valence-corrected chi connectivity index (χ1v) is 10.4. The van der Waals surface area contributed by atoms with E-state index < -0.39 is 22.0 Å². The van der Waals surface area contributed by atoms with Crippen molar-refractivity contribution in [3.05, 3.63) is 0 Å². The van der Waals surface area contributed by atoms with Gasteiger partial charge in [0.25, 0.3) is 0 Å². The lowest BCUT2D eigenvalue weighted by atomic mass is 9.84. The third-order valence-corrected chi connectivity index (χ3v) is 7.58. The monoisotopic (exact) mass is 317 g/mol. The maximum atomic E-state index is 12.4. The number of sulfone groups is 1. The molecule has 0 aliphatic heterocycles. The Hall–Kier alpha value is -0.130. The molecule has 0 bridgehead atoms. The summed E-state index contributed by atoms with van der Waals surface area (Å²) >= 11 is 0. The smallest absolute Gasteiger partial charge is 0.155 e. The van der Waals surface area contributed by atoms with Gasteiger partial charge in [-0.1, -0.05) is 51.4 Å². The summed E-state index contributed by atoms with van der Waals surface area (Å²) in [6.07, 6.45) is 10.6. The van der Waals surface area contributed by atoms with Gasteiger partial charge in [0.2, 0.25) is 0 Å². The molecule has 2 fully saturated rings. The van der Waals surface area contributed by atoms with Crippen molar-refractivity contribution in [2.45, 2.75) is 88.0 Å². The van der Waals surface area contributed by atoms with Crippen molar-refractivity contribution in [3.63, 3.8) is 0 Å². The Balaban J connectivity index is 1.82. The summed E-state index contributed by atoms with van der Waals surface area (Å²) in [5.74, 6) is 0.423. The maximum absolute atomic E-state index is 12.4. The Morgan fingerprint density at radius 3 is 2.05 bits per heavy atom. The minimum Gasteiger partial charge on any atom is -0.390 e. The van der Waals surface area contributed by atoms with Gasteiger partial charge in [0, 0.05) is 6.04 Å². The molecular weight excluding hydrogens is 286 g/mol. The second-order valence-corrected chi connectivity index (χ2v) is 9.39. The first kappa shape index (κ1) is 17.2. The highest BCUT2D eigenvalue weighted by Gasteiger charge is 2.32. The third kappa shape index (κ3) is 5.22. The van der Waals surface area contributed by atoms with Gasteiger partial charge >= 0.3 is 0 Å². The van der Waals surface area contributed by atoms with Gasteiger partial charge in [-0.25, -0.2) is 8.42 Å². The molecule has 1 unspecified atom stereocenters. The van der Waals surface area contributed by atoms with Gasteiger partial charge in [-0.3, -0.25) is 0 Å². The van der Waals surface area contributed by atoms with E-state index in [9.17, 15) is 13.5 Å². The number of aliphatic hydroxyl groups excluding tert-OH is 1. The van der Waals surface area contributed by atoms with Crippen LogP contribution in [-0.2, 0) is 9.84 Å². The molecule has 2 aliphatic rings. The largest absolute Gasteiger partial charge is 0.390 e. The van der Waals surface area contributed by atoms with Crippen LogP contribution in [0.2, 0.25) is 0 Å². The van der Waals surface area contributed by atoms with Crippen molar-refractivity contribution in [3.8, 4) is 0 Å². The quantitative estimate of drug-likeness (QED) is 0.788. The van der Waals surface area contributed by atoms with Crippen molar-refractivity contribution in [2.24, 2.45) is 11.7 Å². The molecule has 0 saturated heterocycles. The fourth-order valence-corrected chi connectivity index (χ4v) is 5.93. The molecule has 0 spiro atoms. The highest BCUT2D eigenvalue weighted by atomic mass is 32.2. The fourth-order valence-electron chi connectivity index (χ4n) is 3.89. The van der Waals surface area contributed by atoms with Crippen LogP contribution in [0, 0.1) is 5.92 Å². The molecule has 0 amide bonds. The first-order valence-electron chi connectivity index (χ1n) is 8.64. The van der Waals surface area contributed by atoms with Crippen molar-refractivity contribution in [1.29, 1.82) is 0 Å². The molecule has 5 heteroatoms. The van der Waals surface area contributed by atoms with E-state index in [0.29, 0.717) is 5.92 Å². The predicted molar refractivity (Wildman–Crippen MR) is 85.8 cm³/mol. The highest BCUT2D eigenvalue weighted by molar-refractivity contribution is 7.92. The van der Waals surface area contributed by atoms with Crippen LogP contribution in [0.15, 0.2) is 0 Å². The minimum atomic E-state index is -3.20. The van der Waals surface area contributed by atoms with E-state index in [1.165, 1.54) is 32.1 Å². The molecule has 4 nitrogen and oxygen atoms in total. The van der Waals surface area contributed by atoms with Gasteiger partial charge < -0.3 is 10.8 Å². The van der Waals surface area contributed by atoms with Crippen LogP contribution >= 0.6 is 0 Å². The van der Waals surface area contributed by atoms with E-state index in [-0.39, 0.29) is 11.0 Å². The van der Waals surface area contributed by atoms with E-state index >= 15 is 0 Å². The van der Waals surface area contributed by atoms with E-state index in [4.69, 9.17) is 5.73 Å². The molecule has 2 rings (SSSR count). The molecule has 0 heterocycles. The van der Waals surface area contributed by atoms with Gasteiger partial charge in [-0.15, -0.1) is 0 Å². The Bertz CT molecular complexity index is 398. The van der Waals surface area contributed by atoms with Crippen LogP contribution in [0.1, 0.15) is 70.6 Å². The summed E-state index contributed by atoms with van der Waals surface area (Å²) in [5, 5.41) is 9.96. The standard InChI is InChI=1S/C16H31NO3S/c17-15(11-13-7-3-1-4-8-13)16(18)12-21(19,20)14-9-5-2-6-10-14/h13-16,18H,1-12,17H2/t15?,16-/m0/s1. The van der Waals surface area contributed by atoms with Crippen molar-refractivity contribution < 1.29 is 13.5 Å². The molecule has 2 saturated carbocycles. The van der Waals surface area contributed by atoms with Crippen LogP contribution in [0.25, 0.3) is 0 Å². The van der Waals surface area contributed by atoms with Crippen LogP contribution < -0.4 is 5.73 Å². The summed E-state index contributed by atoms with van der Waals surface area (Å²) in [5.41, 5.74) is 6.07. The number of nitrogens with two attached hydrogens (primary N) is 1. The molecular formula is C16H31NO3S. The molecule has 0 aromatic heterocycles. The molecule has 0 aromatic rings. The summed E-state index contributed by atoms with van der Waals surface area (Å²) in [6, 6.07) is -0.397. The summed E-state index contributed by atoms with van der Waals surface area (Å²) < 4.78 is 24.8. The Kier molecular flexibility index (Phi) is 6.51. The molecule has 124 valence electrons. The number of hydrogen-bond acceptors (Lipinski definition) is 4. The van der Waals surface area contributed by atoms with E-state index in [2.05, 4.69) is 0 Å². The first-order chi connectivity index (χ1) is 9.99. The Morgan fingerprint density at radius 2 is 1.48 bits per heavy atom. The summed E-state index contributed by atoms with van der Waals surface area (Å²) in [4.78, 5) is 0. The SMILES string of the molecule is NC(CC1CCCCC1)[C@@H](O)CS(=O)(=O)C1CCCCC1. The highest BCUT2D eigenvalue weighted by Crippen LogP contribution is 2.28. The zero-order chi connectivity index (χ0) is 15.3. The molecule has 0 radical (unpaired) electrons. The van der Waals surface area contributed by atoms with E-state index in [1.807, 2.05) is 0 Å². The van der Waals surface area contributed by atoms with Gasteiger partial charge in [-0.05, 0) is 25.2 Å². The lowest BCUT2D eigenvalue weighted by Gasteiger charge is -2.28. The molecule has 3 N–H and O–H groups in total. The van der Waals surface area contributed by atoms with Crippen LogP contribution in [0.4, 0.5) is 0 Å². The average Bonchev–Trinajstić information content (AvgIpc) is 2.48. The average molecular weight is 317 g/mol. The number of hydrogen-bond donors (Lipinski definition) is 2. The Labute approximate surface area is 129 Å². The summed E-state index contributed by atoms with van der Waals surface area (Å²) in [6.45, 7) is 0. The van der Waals surface area contributed by atoms with E-state index in [1.54, 1.807) is 0 Å². The molecule has 0 aromatic carbocycles. The summed E-state index contributed by atoms with van der Waals surface area (Å²) in [7, 11) is -3.20. The maximum Gasteiger partial charge on any atom is 0.155 e. The van der Waals surface area contributed by atoms with Crippen LogP contribution in [-0.4, -0.2) is 36.7 Å². The predicted octanol–water partition coefficient (Wildman–Crippen LogP) is 2.39. The van der Waals surface area contributed by atoms with E-state index in [0.717, 1.165) is 38.5 Å². The van der Waals surface area contributed by atoms with Crippen LogP contribution in [0.5, 0.6) is 0 Å². The minimum absolute atomic E-state index is 0.147. The van der Waals surface area contributed by atoms with Gasteiger partial charge in [0.15, 0.2) is 9.84 Å². The topological polar surface area (TPSA) is 80.4 Å². The lowest BCUT2D eigenvalue weighted by molar-refractivity contribution is 0.145. The van der Waals surface area contributed by atoms with Gasteiger partial charge in [0.1, 0.15) is 0 Å². The Morgan fingerprint density at radius 1 is 0.952 bits per heavy atom.